The van der Waals surface area contributed by atoms with Crippen molar-refractivity contribution in [1.82, 2.24) is 14.8 Å². The molecule has 1 aliphatic heterocycles. The highest BCUT2D eigenvalue weighted by Gasteiger charge is 2.43. The summed E-state index contributed by atoms with van der Waals surface area (Å²) in [7, 11) is 4.79. The van der Waals surface area contributed by atoms with Gasteiger partial charge in [-0.25, -0.2) is 4.68 Å². The van der Waals surface area contributed by atoms with Gasteiger partial charge in [0.05, 0.1) is 21.3 Å². The van der Waals surface area contributed by atoms with Gasteiger partial charge in [0, 0.05) is 34.9 Å². The topological polar surface area (TPSA) is 87.5 Å². The van der Waals surface area contributed by atoms with Gasteiger partial charge in [-0.05, 0) is 28.9 Å². The number of nitrogens with one attached hydrogen (secondary N) is 1. The van der Waals surface area contributed by atoms with E-state index in [4.69, 9.17) is 24.3 Å². The third-order valence-electron chi connectivity index (χ3n) is 7.37. The van der Waals surface area contributed by atoms with Crippen LogP contribution in [0.1, 0.15) is 64.6 Å². The lowest BCUT2D eigenvalue weighted by atomic mass is 9.73. The Hall–Kier alpha value is -3.81. The molecule has 8 heteroatoms. The molecular formula is C30H36N4O4. The molecule has 1 N–H and O–H groups in total. The Bertz CT molecular complexity index is 1430. The number of carbonyl (C=O) groups excluding carboxylic acids is 1. The first-order valence-electron chi connectivity index (χ1n) is 12.9. The van der Waals surface area contributed by atoms with Crippen LogP contribution >= 0.6 is 0 Å². The van der Waals surface area contributed by atoms with Crippen LogP contribution in [0.3, 0.4) is 0 Å². The zero-order chi connectivity index (χ0) is 27.4. The van der Waals surface area contributed by atoms with Crippen molar-refractivity contribution in [2.75, 3.05) is 26.6 Å². The highest BCUT2D eigenvalue weighted by molar-refractivity contribution is 6.00. The summed E-state index contributed by atoms with van der Waals surface area (Å²) in [5, 5.41) is 8.39. The van der Waals surface area contributed by atoms with Gasteiger partial charge in [-0.15, -0.1) is 5.10 Å². The van der Waals surface area contributed by atoms with Crippen LogP contribution < -0.4 is 19.5 Å². The van der Waals surface area contributed by atoms with E-state index in [1.165, 1.54) is 5.56 Å². The van der Waals surface area contributed by atoms with Gasteiger partial charge in [0.15, 0.2) is 23.1 Å². The summed E-state index contributed by atoms with van der Waals surface area (Å²) in [5.41, 5.74) is 4.35. The second-order valence-electron chi connectivity index (χ2n) is 11.8. The standard InChI is InChI=1S/C30H36N4O4/c1-29(2,3)18-11-9-17(10-12-18)27-32-28-31-20-15-30(4,5)16-21(35)25(20)26(34(28)33-27)19-13-23(37-7)24(38-8)14-22(19)36-6/h9-14,26H,15-16H2,1-8H3,(H,31,32,33). The minimum absolute atomic E-state index is 0.0478. The lowest BCUT2D eigenvalue weighted by molar-refractivity contribution is -0.118. The molecule has 2 aromatic carbocycles. The average molecular weight is 517 g/mol. The van der Waals surface area contributed by atoms with Gasteiger partial charge in [0.2, 0.25) is 5.95 Å². The summed E-state index contributed by atoms with van der Waals surface area (Å²) >= 11 is 0. The first-order chi connectivity index (χ1) is 18.0. The molecule has 1 atom stereocenters. The Balaban J connectivity index is 1.69. The quantitative estimate of drug-likeness (QED) is 0.450. The second kappa shape index (κ2) is 9.19. The monoisotopic (exact) mass is 516 g/mol. The van der Waals surface area contributed by atoms with Gasteiger partial charge in [0.1, 0.15) is 11.8 Å². The van der Waals surface area contributed by atoms with Gasteiger partial charge in [0.25, 0.3) is 0 Å². The number of Topliss-reactive ketones (excluding diaryl/α,β-unsaturated/α-hetero) is 1. The predicted octanol–water partition coefficient (Wildman–Crippen LogP) is 5.93. The van der Waals surface area contributed by atoms with E-state index in [0.29, 0.717) is 41.0 Å². The molecule has 200 valence electrons. The SMILES string of the molecule is COc1cc(OC)c(C2C3=C(CC(C)(C)CC3=O)Nc3nc(-c4ccc(C(C)(C)C)cc4)nn32)cc1OC. The van der Waals surface area contributed by atoms with Crippen molar-refractivity contribution in [2.45, 2.75) is 58.9 Å². The number of hydrogen-bond acceptors (Lipinski definition) is 7. The summed E-state index contributed by atoms with van der Waals surface area (Å²) in [6.45, 7) is 10.8. The third kappa shape index (κ3) is 4.42. The summed E-state index contributed by atoms with van der Waals surface area (Å²) in [5.74, 6) is 2.94. The molecule has 2 heterocycles. The molecule has 0 saturated carbocycles. The van der Waals surface area contributed by atoms with Crippen molar-refractivity contribution in [3.63, 3.8) is 0 Å². The summed E-state index contributed by atoms with van der Waals surface area (Å²) in [4.78, 5) is 18.5. The number of carbonyl (C=O) groups is 1. The van der Waals surface area contributed by atoms with Crippen LogP contribution in [0.15, 0.2) is 47.7 Å². The van der Waals surface area contributed by atoms with Crippen LogP contribution in [0.4, 0.5) is 5.95 Å². The lowest BCUT2D eigenvalue weighted by Crippen LogP contribution is -2.36. The average Bonchev–Trinajstić information content (AvgIpc) is 3.29. The fourth-order valence-electron chi connectivity index (χ4n) is 5.40. The van der Waals surface area contributed by atoms with Crippen molar-refractivity contribution >= 4 is 11.7 Å². The zero-order valence-corrected chi connectivity index (χ0v) is 23.4. The Labute approximate surface area is 224 Å². The molecule has 0 amide bonds. The molecule has 8 nitrogen and oxygen atoms in total. The van der Waals surface area contributed by atoms with Crippen LogP contribution in [-0.4, -0.2) is 41.9 Å². The Morgan fingerprint density at radius 1 is 0.947 bits per heavy atom. The highest BCUT2D eigenvalue weighted by Crippen LogP contribution is 2.49. The second-order valence-corrected chi connectivity index (χ2v) is 11.8. The van der Waals surface area contributed by atoms with E-state index in [9.17, 15) is 4.79 Å². The fourth-order valence-corrected chi connectivity index (χ4v) is 5.40. The lowest BCUT2D eigenvalue weighted by Gasteiger charge is -2.38. The molecule has 0 fully saturated rings. The van der Waals surface area contributed by atoms with Crippen molar-refractivity contribution in [1.29, 1.82) is 0 Å². The van der Waals surface area contributed by atoms with E-state index in [1.807, 2.05) is 6.07 Å². The number of fused-ring (bicyclic) bond motifs is 1. The normalized spacial score (nSPS) is 18.4. The van der Waals surface area contributed by atoms with Crippen LogP contribution in [0.25, 0.3) is 11.4 Å². The maximum absolute atomic E-state index is 13.7. The number of ketones is 1. The summed E-state index contributed by atoms with van der Waals surface area (Å²) in [6.07, 6.45) is 1.17. The molecular weight excluding hydrogens is 480 g/mol. The first-order valence-corrected chi connectivity index (χ1v) is 12.9. The molecule has 1 unspecified atom stereocenters. The van der Waals surface area contributed by atoms with Crippen LogP contribution in [0, 0.1) is 5.41 Å². The van der Waals surface area contributed by atoms with Gasteiger partial charge in [-0.3, -0.25) is 4.79 Å². The zero-order valence-electron chi connectivity index (χ0n) is 23.4. The minimum Gasteiger partial charge on any atom is -0.496 e. The van der Waals surface area contributed by atoms with Crippen molar-refractivity contribution in [3.8, 4) is 28.6 Å². The van der Waals surface area contributed by atoms with Crippen LogP contribution in [0.2, 0.25) is 0 Å². The Morgan fingerprint density at radius 2 is 1.58 bits per heavy atom. The molecule has 0 bridgehead atoms. The number of ether oxygens (including phenoxy) is 3. The third-order valence-corrected chi connectivity index (χ3v) is 7.37. The Kier molecular flexibility index (Phi) is 6.24. The number of methoxy groups -OCH3 is 3. The van der Waals surface area contributed by atoms with Gasteiger partial charge in [-0.1, -0.05) is 58.9 Å². The smallest absolute Gasteiger partial charge is 0.226 e. The van der Waals surface area contributed by atoms with Gasteiger partial charge < -0.3 is 19.5 Å². The maximum atomic E-state index is 13.7. The molecule has 0 saturated heterocycles. The first kappa shape index (κ1) is 25.8. The summed E-state index contributed by atoms with van der Waals surface area (Å²) in [6, 6.07) is 11.5. The number of anilines is 1. The van der Waals surface area contributed by atoms with E-state index in [0.717, 1.165) is 23.2 Å². The number of benzene rings is 2. The number of nitrogens with zero attached hydrogens (tertiary/aromatic N) is 3. The molecule has 0 spiro atoms. The van der Waals surface area contributed by atoms with E-state index >= 15 is 0 Å². The number of allylic oxidation sites excluding steroid dienone is 2. The number of aromatic nitrogens is 3. The molecule has 5 rings (SSSR count). The molecule has 38 heavy (non-hydrogen) atoms. The highest BCUT2D eigenvalue weighted by atomic mass is 16.5. The summed E-state index contributed by atoms with van der Waals surface area (Å²) < 4.78 is 18.7. The fraction of sp³-hybridized carbons (Fsp3) is 0.433. The largest absolute Gasteiger partial charge is 0.496 e. The van der Waals surface area contributed by atoms with E-state index < -0.39 is 6.04 Å². The molecule has 2 aliphatic rings. The number of rotatable bonds is 5. The van der Waals surface area contributed by atoms with Crippen molar-refractivity contribution in [2.24, 2.45) is 5.41 Å². The van der Waals surface area contributed by atoms with E-state index in [1.54, 1.807) is 32.1 Å². The Morgan fingerprint density at radius 3 is 2.18 bits per heavy atom. The maximum Gasteiger partial charge on any atom is 0.226 e. The minimum atomic E-state index is -0.533. The molecule has 3 aromatic rings. The number of hydrogen-bond donors (Lipinski definition) is 1. The van der Waals surface area contributed by atoms with Gasteiger partial charge >= 0.3 is 0 Å². The predicted molar refractivity (Wildman–Crippen MR) is 147 cm³/mol. The van der Waals surface area contributed by atoms with Crippen LogP contribution in [-0.2, 0) is 10.2 Å². The van der Waals surface area contributed by atoms with Crippen LogP contribution in [0.5, 0.6) is 17.2 Å². The van der Waals surface area contributed by atoms with Crippen molar-refractivity contribution in [3.05, 3.63) is 58.8 Å². The van der Waals surface area contributed by atoms with Crippen molar-refractivity contribution < 1.29 is 19.0 Å². The van der Waals surface area contributed by atoms with E-state index in [2.05, 4.69) is 64.2 Å². The molecule has 1 aliphatic carbocycles. The molecule has 0 radical (unpaired) electrons. The van der Waals surface area contributed by atoms with Gasteiger partial charge in [-0.2, -0.15) is 4.98 Å². The molecule has 1 aromatic heterocycles. The van der Waals surface area contributed by atoms with E-state index in [-0.39, 0.29) is 16.6 Å².